The first-order valence-electron chi connectivity index (χ1n) is 7.98. The maximum absolute atomic E-state index is 13.4. The van der Waals surface area contributed by atoms with Crippen molar-refractivity contribution in [2.45, 2.75) is 13.5 Å². The molecule has 1 N–H and O–H groups in total. The Balaban J connectivity index is 1.47. The van der Waals surface area contributed by atoms with Crippen molar-refractivity contribution in [2.24, 2.45) is 0 Å². The van der Waals surface area contributed by atoms with Gasteiger partial charge >= 0.3 is 0 Å². The lowest BCUT2D eigenvalue weighted by Gasteiger charge is -2.00. The van der Waals surface area contributed by atoms with Gasteiger partial charge in [0.1, 0.15) is 12.4 Å². The minimum absolute atomic E-state index is 0.248. The molecule has 0 aliphatic heterocycles. The van der Waals surface area contributed by atoms with Crippen molar-refractivity contribution in [3.05, 3.63) is 71.0 Å². The Morgan fingerprint density at radius 3 is 2.81 bits per heavy atom. The molecule has 4 aromatic rings. The standard InChI is InChI=1S/C18H15FN6S/c1-12-9-13(7-8-16(12)19)17-22-24-25(23-17)10-15-11-26-18(21-15)20-14-5-3-2-4-6-14/h2-9,11H,10H2,1H3,(H,20,21). The van der Waals surface area contributed by atoms with Crippen LogP contribution >= 0.6 is 11.3 Å². The molecular formula is C18H15FN6S. The minimum Gasteiger partial charge on any atom is -0.332 e. The van der Waals surface area contributed by atoms with Crippen LogP contribution in [0.25, 0.3) is 11.4 Å². The maximum atomic E-state index is 13.4. The molecule has 0 spiro atoms. The lowest BCUT2D eigenvalue weighted by Crippen LogP contribution is -2.04. The molecule has 0 saturated carbocycles. The molecule has 4 rings (SSSR count). The number of nitrogens with one attached hydrogen (secondary N) is 1. The van der Waals surface area contributed by atoms with E-state index in [1.54, 1.807) is 19.1 Å². The van der Waals surface area contributed by atoms with Crippen LogP contribution in [0.1, 0.15) is 11.3 Å². The molecule has 0 amide bonds. The fourth-order valence-electron chi connectivity index (χ4n) is 2.44. The van der Waals surface area contributed by atoms with Crippen LogP contribution < -0.4 is 5.32 Å². The molecule has 2 heterocycles. The number of aromatic nitrogens is 5. The number of hydrogen-bond donors (Lipinski definition) is 1. The van der Waals surface area contributed by atoms with Gasteiger partial charge in [0.25, 0.3) is 0 Å². The highest BCUT2D eigenvalue weighted by Gasteiger charge is 2.10. The number of aryl methyl sites for hydroxylation is 1. The third-order valence-electron chi connectivity index (χ3n) is 3.75. The number of para-hydroxylation sites is 1. The van der Waals surface area contributed by atoms with Crippen LogP contribution in [-0.4, -0.2) is 25.2 Å². The molecule has 0 bridgehead atoms. The molecular weight excluding hydrogens is 351 g/mol. The van der Waals surface area contributed by atoms with Crippen molar-refractivity contribution >= 4 is 22.2 Å². The average Bonchev–Trinajstić information content (AvgIpc) is 3.28. The van der Waals surface area contributed by atoms with E-state index < -0.39 is 0 Å². The highest BCUT2D eigenvalue weighted by atomic mass is 32.1. The summed E-state index contributed by atoms with van der Waals surface area (Å²) in [6, 6.07) is 14.6. The van der Waals surface area contributed by atoms with E-state index in [-0.39, 0.29) is 5.82 Å². The highest BCUT2D eigenvalue weighted by Crippen LogP contribution is 2.21. The number of thiazole rings is 1. The zero-order chi connectivity index (χ0) is 17.9. The van der Waals surface area contributed by atoms with E-state index >= 15 is 0 Å². The smallest absolute Gasteiger partial charge is 0.204 e. The number of anilines is 2. The first-order chi connectivity index (χ1) is 12.7. The molecule has 130 valence electrons. The molecule has 0 aliphatic rings. The van der Waals surface area contributed by atoms with Gasteiger partial charge in [-0.15, -0.1) is 21.5 Å². The van der Waals surface area contributed by atoms with Crippen molar-refractivity contribution in [3.63, 3.8) is 0 Å². The van der Waals surface area contributed by atoms with Gasteiger partial charge in [0.05, 0.1) is 5.69 Å². The average molecular weight is 366 g/mol. The van der Waals surface area contributed by atoms with Crippen LogP contribution in [0, 0.1) is 12.7 Å². The van der Waals surface area contributed by atoms with Crippen molar-refractivity contribution < 1.29 is 4.39 Å². The van der Waals surface area contributed by atoms with Gasteiger partial charge in [-0.2, -0.15) is 4.80 Å². The summed E-state index contributed by atoms with van der Waals surface area (Å²) < 4.78 is 13.4. The van der Waals surface area contributed by atoms with Gasteiger partial charge in [0, 0.05) is 16.6 Å². The second kappa shape index (κ2) is 7.01. The maximum Gasteiger partial charge on any atom is 0.204 e. The van der Waals surface area contributed by atoms with E-state index in [4.69, 9.17) is 0 Å². The summed E-state index contributed by atoms with van der Waals surface area (Å²) in [5.74, 6) is 0.216. The normalized spacial score (nSPS) is 10.8. The Kier molecular flexibility index (Phi) is 4.40. The monoisotopic (exact) mass is 366 g/mol. The summed E-state index contributed by atoms with van der Waals surface area (Å²) in [6.07, 6.45) is 0. The van der Waals surface area contributed by atoms with Gasteiger partial charge in [-0.3, -0.25) is 0 Å². The fraction of sp³-hybridized carbons (Fsp3) is 0.111. The third kappa shape index (κ3) is 3.60. The molecule has 8 heteroatoms. The summed E-state index contributed by atoms with van der Waals surface area (Å²) in [5, 5.41) is 18.5. The van der Waals surface area contributed by atoms with Crippen molar-refractivity contribution in [1.29, 1.82) is 0 Å². The Hall–Kier alpha value is -3.13. The predicted octanol–water partition coefficient (Wildman–Crippen LogP) is 4.04. The SMILES string of the molecule is Cc1cc(-c2nnn(Cc3csc(Nc4ccccc4)n3)n2)ccc1F. The Morgan fingerprint density at radius 1 is 1.15 bits per heavy atom. The van der Waals surface area contributed by atoms with E-state index in [9.17, 15) is 4.39 Å². The summed E-state index contributed by atoms with van der Waals surface area (Å²) in [4.78, 5) is 6.02. The van der Waals surface area contributed by atoms with E-state index in [2.05, 4.69) is 25.7 Å². The Morgan fingerprint density at radius 2 is 2.00 bits per heavy atom. The van der Waals surface area contributed by atoms with Gasteiger partial charge in [0.2, 0.25) is 5.82 Å². The molecule has 6 nitrogen and oxygen atoms in total. The second-order valence-corrected chi connectivity index (χ2v) is 6.60. The van der Waals surface area contributed by atoms with Crippen LogP contribution in [0.5, 0.6) is 0 Å². The molecule has 2 aromatic carbocycles. The lowest BCUT2D eigenvalue weighted by atomic mass is 10.1. The van der Waals surface area contributed by atoms with Crippen LogP contribution in [0.3, 0.4) is 0 Å². The Bertz CT molecular complexity index is 1030. The summed E-state index contributed by atoms with van der Waals surface area (Å²) in [5.41, 5.74) is 3.11. The van der Waals surface area contributed by atoms with E-state index in [0.29, 0.717) is 17.9 Å². The zero-order valence-electron chi connectivity index (χ0n) is 13.9. The third-order valence-corrected chi connectivity index (χ3v) is 4.56. The first kappa shape index (κ1) is 16.3. The van der Waals surface area contributed by atoms with E-state index in [1.165, 1.54) is 22.2 Å². The van der Waals surface area contributed by atoms with E-state index in [0.717, 1.165) is 22.1 Å². The predicted molar refractivity (Wildman–Crippen MR) is 98.9 cm³/mol. The van der Waals surface area contributed by atoms with Gasteiger partial charge in [-0.25, -0.2) is 9.37 Å². The summed E-state index contributed by atoms with van der Waals surface area (Å²) in [7, 11) is 0. The van der Waals surface area contributed by atoms with Crippen molar-refractivity contribution in [1.82, 2.24) is 25.2 Å². The molecule has 0 aliphatic carbocycles. The van der Waals surface area contributed by atoms with Crippen LogP contribution in [-0.2, 0) is 6.54 Å². The topological polar surface area (TPSA) is 68.5 Å². The van der Waals surface area contributed by atoms with Gasteiger partial charge in [-0.1, -0.05) is 18.2 Å². The molecule has 2 aromatic heterocycles. The van der Waals surface area contributed by atoms with Crippen molar-refractivity contribution in [2.75, 3.05) is 5.32 Å². The molecule has 0 saturated heterocycles. The van der Waals surface area contributed by atoms with Crippen LogP contribution in [0.2, 0.25) is 0 Å². The van der Waals surface area contributed by atoms with Gasteiger partial charge < -0.3 is 5.32 Å². The molecule has 0 radical (unpaired) electrons. The number of hydrogen-bond acceptors (Lipinski definition) is 6. The zero-order valence-corrected chi connectivity index (χ0v) is 14.7. The van der Waals surface area contributed by atoms with Gasteiger partial charge in [-0.05, 0) is 48.0 Å². The minimum atomic E-state index is -0.248. The fourth-order valence-corrected chi connectivity index (χ4v) is 3.16. The second-order valence-electron chi connectivity index (χ2n) is 5.74. The van der Waals surface area contributed by atoms with Crippen LogP contribution in [0.4, 0.5) is 15.2 Å². The molecule has 0 atom stereocenters. The number of tetrazole rings is 1. The molecule has 0 fully saturated rings. The quantitative estimate of drug-likeness (QED) is 0.577. The number of rotatable bonds is 5. The van der Waals surface area contributed by atoms with Crippen LogP contribution in [0.15, 0.2) is 53.9 Å². The molecule has 0 unspecified atom stereocenters. The van der Waals surface area contributed by atoms with Gasteiger partial charge in [0.15, 0.2) is 5.13 Å². The summed E-state index contributed by atoms with van der Waals surface area (Å²) in [6.45, 7) is 2.12. The van der Waals surface area contributed by atoms with Crippen molar-refractivity contribution in [3.8, 4) is 11.4 Å². The Labute approximate surface area is 153 Å². The largest absolute Gasteiger partial charge is 0.332 e. The number of halogens is 1. The summed E-state index contributed by atoms with van der Waals surface area (Å²) >= 11 is 1.52. The first-order valence-corrected chi connectivity index (χ1v) is 8.86. The lowest BCUT2D eigenvalue weighted by molar-refractivity contribution is 0.566. The van der Waals surface area contributed by atoms with E-state index in [1.807, 2.05) is 35.7 Å². The molecule has 26 heavy (non-hydrogen) atoms. The highest BCUT2D eigenvalue weighted by molar-refractivity contribution is 7.13. The number of benzene rings is 2. The number of nitrogens with zero attached hydrogens (tertiary/aromatic N) is 5.